The maximum Gasteiger partial charge on any atom is 0.123 e. The van der Waals surface area contributed by atoms with E-state index in [1.165, 1.54) is 18.9 Å². The summed E-state index contributed by atoms with van der Waals surface area (Å²) >= 11 is 0. The monoisotopic (exact) mass is 266 g/mol. The van der Waals surface area contributed by atoms with Crippen LogP contribution in [-0.4, -0.2) is 31.1 Å². The molecule has 1 aromatic carbocycles. The smallest absolute Gasteiger partial charge is 0.123 e. The van der Waals surface area contributed by atoms with E-state index in [1.54, 1.807) is 19.2 Å². The van der Waals surface area contributed by atoms with Gasteiger partial charge in [-0.3, -0.25) is 4.90 Å². The molecule has 106 valence electrons. The fraction of sp³-hybridized carbons (Fsp3) is 0.600. The van der Waals surface area contributed by atoms with E-state index in [0.29, 0.717) is 12.6 Å². The van der Waals surface area contributed by atoms with Gasteiger partial charge in [0, 0.05) is 24.2 Å². The van der Waals surface area contributed by atoms with Gasteiger partial charge in [0.2, 0.25) is 0 Å². The van der Waals surface area contributed by atoms with Crippen LogP contribution in [0.15, 0.2) is 18.2 Å². The first kappa shape index (κ1) is 14.3. The van der Waals surface area contributed by atoms with Crippen molar-refractivity contribution >= 4 is 0 Å². The molecule has 1 aromatic rings. The third-order valence-corrected chi connectivity index (χ3v) is 4.01. The van der Waals surface area contributed by atoms with Crippen molar-refractivity contribution in [1.29, 1.82) is 0 Å². The van der Waals surface area contributed by atoms with Crippen molar-refractivity contribution in [2.24, 2.45) is 5.73 Å². The van der Waals surface area contributed by atoms with Crippen molar-refractivity contribution in [2.45, 2.75) is 44.3 Å². The number of hydrogen-bond acceptors (Lipinski definition) is 3. The molecule has 0 radical (unpaired) electrons. The number of nitrogens with zero attached hydrogens (tertiary/aromatic N) is 1. The van der Waals surface area contributed by atoms with E-state index in [0.717, 1.165) is 24.2 Å². The van der Waals surface area contributed by atoms with Crippen LogP contribution in [0.3, 0.4) is 0 Å². The van der Waals surface area contributed by atoms with Crippen molar-refractivity contribution in [1.82, 2.24) is 4.90 Å². The summed E-state index contributed by atoms with van der Waals surface area (Å²) in [6, 6.07) is 5.25. The van der Waals surface area contributed by atoms with E-state index in [-0.39, 0.29) is 11.9 Å². The van der Waals surface area contributed by atoms with Crippen molar-refractivity contribution in [2.75, 3.05) is 14.2 Å². The first-order valence-electron chi connectivity index (χ1n) is 6.90. The standard InChI is InChI=1S/C15H23FN2O/c1-18(14-6-4-3-5-13(14)17)10-11-9-12(16)7-8-15(11)19-2/h7-9,13-14H,3-6,10,17H2,1-2H3. The van der Waals surface area contributed by atoms with Gasteiger partial charge in [-0.1, -0.05) is 12.8 Å². The zero-order valence-corrected chi connectivity index (χ0v) is 11.7. The molecule has 0 aromatic heterocycles. The number of rotatable bonds is 4. The maximum atomic E-state index is 13.4. The predicted molar refractivity (Wildman–Crippen MR) is 74.7 cm³/mol. The maximum absolute atomic E-state index is 13.4. The summed E-state index contributed by atoms with van der Waals surface area (Å²) < 4.78 is 18.6. The molecule has 2 N–H and O–H groups in total. The average Bonchev–Trinajstić information content (AvgIpc) is 2.39. The van der Waals surface area contributed by atoms with Crippen LogP contribution in [-0.2, 0) is 6.54 Å². The highest BCUT2D eigenvalue weighted by atomic mass is 19.1. The molecule has 0 aliphatic heterocycles. The molecule has 0 saturated heterocycles. The van der Waals surface area contributed by atoms with Crippen LogP contribution in [0.4, 0.5) is 4.39 Å². The third kappa shape index (κ3) is 3.45. The molecule has 3 nitrogen and oxygen atoms in total. The normalized spacial score (nSPS) is 23.6. The second-order valence-corrected chi connectivity index (χ2v) is 5.39. The van der Waals surface area contributed by atoms with Crippen LogP contribution in [0.25, 0.3) is 0 Å². The fourth-order valence-electron chi connectivity index (χ4n) is 2.94. The van der Waals surface area contributed by atoms with Crippen LogP contribution in [0.1, 0.15) is 31.2 Å². The van der Waals surface area contributed by atoms with Crippen LogP contribution >= 0.6 is 0 Å². The topological polar surface area (TPSA) is 38.5 Å². The lowest BCUT2D eigenvalue weighted by Crippen LogP contribution is -2.47. The Morgan fingerprint density at radius 1 is 1.37 bits per heavy atom. The lowest BCUT2D eigenvalue weighted by molar-refractivity contribution is 0.161. The molecule has 1 fully saturated rings. The van der Waals surface area contributed by atoms with E-state index >= 15 is 0 Å². The lowest BCUT2D eigenvalue weighted by atomic mass is 9.90. The van der Waals surface area contributed by atoms with Gasteiger partial charge in [0.15, 0.2) is 0 Å². The minimum Gasteiger partial charge on any atom is -0.496 e. The molecule has 2 atom stereocenters. The third-order valence-electron chi connectivity index (χ3n) is 4.01. The summed E-state index contributed by atoms with van der Waals surface area (Å²) in [6.45, 7) is 0.666. The second kappa shape index (κ2) is 6.35. The quantitative estimate of drug-likeness (QED) is 0.910. The van der Waals surface area contributed by atoms with Gasteiger partial charge in [0.1, 0.15) is 11.6 Å². The molecule has 0 amide bonds. The van der Waals surface area contributed by atoms with E-state index in [2.05, 4.69) is 11.9 Å². The van der Waals surface area contributed by atoms with Gasteiger partial charge in [-0.25, -0.2) is 4.39 Å². The molecule has 2 unspecified atom stereocenters. The lowest BCUT2D eigenvalue weighted by Gasteiger charge is -2.36. The highest BCUT2D eigenvalue weighted by molar-refractivity contribution is 5.33. The van der Waals surface area contributed by atoms with Gasteiger partial charge in [0.25, 0.3) is 0 Å². The molecule has 0 spiro atoms. The van der Waals surface area contributed by atoms with Gasteiger partial charge in [0.05, 0.1) is 7.11 Å². The SMILES string of the molecule is COc1ccc(F)cc1CN(C)C1CCCCC1N. The largest absolute Gasteiger partial charge is 0.496 e. The number of halogens is 1. The Balaban J connectivity index is 2.09. The van der Waals surface area contributed by atoms with Crippen molar-refractivity contribution in [3.8, 4) is 5.75 Å². The van der Waals surface area contributed by atoms with Crippen LogP contribution in [0.5, 0.6) is 5.75 Å². The first-order valence-corrected chi connectivity index (χ1v) is 6.90. The molecule has 2 rings (SSSR count). The number of methoxy groups -OCH3 is 1. The Morgan fingerprint density at radius 2 is 2.11 bits per heavy atom. The zero-order valence-electron chi connectivity index (χ0n) is 11.7. The molecule has 0 heterocycles. The Hall–Kier alpha value is -1.13. The Morgan fingerprint density at radius 3 is 2.79 bits per heavy atom. The average molecular weight is 266 g/mol. The summed E-state index contributed by atoms with van der Waals surface area (Å²) in [6.07, 6.45) is 4.64. The first-order chi connectivity index (χ1) is 9.11. The molecule has 19 heavy (non-hydrogen) atoms. The number of nitrogens with two attached hydrogens (primary N) is 1. The molecule has 4 heteroatoms. The van der Waals surface area contributed by atoms with Crippen LogP contribution < -0.4 is 10.5 Å². The fourth-order valence-corrected chi connectivity index (χ4v) is 2.94. The molecular formula is C15H23FN2O. The highest BCUT2D eigenvalue weighted by Gasteiger charge is 2.25. The summed E-state index contributed by atoms with van der Waals surface area (Å²) in [4.78, 5) is 2.22. The highest BCUT2D eigenvalue weighted by Crippen LogP contribution is 2.25. The summed E-state index contributed by atoms with van der Waals surface area (Å²) in [7, 11) is 3.67. The molecule has 0 bridgehead atoms. The molecule has 1 aliphatic carbocycles. The summed E-state index contributed by atoms with van der Waals surface area (Å²) in [5.41, 5.74) is 7.06. The van der Waals surface area contributed by atoms with Crippen molar-refractivity contribution < 1.29 is 9.13 Å². The van der Waals surface area contributed by atoms with Gasteiger partial charge in [-0.2, -0.15) is 0 Å². The van der Waals surface area contributed by atoms with Gasteiger partial charge in [-0.05, 0) is 38.1 Å². The number of benzene rings is 1. The van der Waals surface area contributed by atoms with E-state index in [4.69, 9.17) is 10.5 Å². The summed E-state index contributed by atoms with van der Waals surface area (Å²) in [5.74, 6) is 0.509. The summed E-state index contributed by atoms with van der Waals surface area (Å²) in [5, 5.41) is 0. The van der Waals surface area contributed by atoms with Gasteiger partial charge >= 0.3 is 0 Å². The molecule has 1 aliphatic rings. The minimum atomic E-state index is -0.225. The predicted octanol–water partition coefficient (Wildman–Crippen LogP) is 2.54. The van der Waals surface area contributed by atoms with E-state index < -0.39 is 0 Å². The van der Waals surface area contributed by atoms with Gasteiger partial charge in [-0.15, -0.1) is 0 Å². The van der Waals surface area contributed by atoms with Crippen molar-refractivity contribution in [3.05, 3.63) is 29.6 Å². The Bertz CT molecular complexity index is 425. The minimum absolute atomic E-state index is 0.221. The molecule has 1 saturated carbocycles. The van der Waals surface area contributed by atoms with Crippen molar-refractivity contribution in [3.63, 3.8) is 0 Å². The zero-order chi connectivity index (χ0) is 13.8. The number of ether oxygens (including phenoxy) is 1. The molecular weight excluding hydrogens is 243 g/mol. The van der Waals surface area contributed by atoms with Crippen LogP contribution in [0, 0.1) is 5.82 Å². The van der Waals surface area contributed by atoms with Gasteiger partial charge < -0.3 is 10.5 Å². The van der Waals surface area contributed by atoms with Crippen LogP contribution in [0.2, 0.25) is 0 Å². The van der Waals surface area contributed by atoms with E-state index in [1.807, 2.05) is 0 Å². The van der Waals surface area contributed by atoms with E-state index in [9.17, 15) is 4.39 Å². The second-order valence-electron chi connectivity index (χ2n) is 5.39. The Labute approximate surface area is 114 Å². The number of hydrogen-bond donors (Lipinski definition) is 1. The number of likely N-dealkylation sites (N-methyl/N-ethyl adjacent to an activating group) is 1. The Kier molecular flexibility index (Phi) is 4.77.